The van der Waals surface area contributed by atoms with Gasteiger partial charge in [0.1, 0.15) is 0 Å². The number of benzene rings is 1. The highest BCUT2D eigenvalue weighted by Gasteiger charge is 2.31. The number of Topliss-reactive ketones (excluding diaryl/α,β-unsaturated/α-hetero) is 1. The fraction of sp³-hybridized carbons (Fsp3) is 0.500. The van der Waals surface area contributed by atoms with Gasteiger partial charge in [-0.1, -0.05) is 0 Å². The molecule has 1 aliphatic rings. The molecule has 0 N–H and O–H groups in total. The third-order valence-electron chi connectivity index (χ3n) is 3.88. The minimum Gasteiger partial charge on any atom is -0.371 e. The summed E-state index contributed by atoms with van der Waals surface area (Å²) < 4.78 is 0. The number of anilines is 1. The van der Waals surface area contributed by atoms with Gasteiger partial charge in [0.15, 0.2) is 5.78 Å². The van der Waals surface area contributed by atoms with E-state index in [-0.39, 0.29) is 17.0 Å². The molecule has 19 heavy (non-hydrogen) atoms. The van der Waals surface area contributed by atoms with Gasteiger partial charge in [-0.2, -0.15) is 0 Å². The van der Waals surface area contributed by atoms with E-state index < -0.39 is 4.92 Å². The largest absolute Gasteiger partial charge is 0.371 e. The molecule has 0 bridgehead atoms. The van der Waals surface area contributed by atoms with Gasteiger partial charge in [0.05, 0.1) is 10.5 Å². The normalized spacial score (nSPS) is 15.9. The molecule has 1 aromatic carbocycles. The first-order chi connectivity index (χ1) is 8.91. The Morgan fingerprint density at radius 1 is 1.47 bits per heavy atom. The molecule has 1 unspecified atom stereocenters. The van der Waals surface area contributed by atoms with Gasteiger partial charge >= 0.3 is 0 Å². The Balaban J connectivity index is 2.34. The molecule has 5 nitrogen and oxygen atoms in total. The van der Waals surface area contributed by atoms with Crippen molar-refractivity contribution in [3.63, 3.8) is 0 Å². The number of hydrogen-bond acceptors (Lipinski definition) is 4. The van der Waals surface area contributed by atoms with Gasteiger partial charge in [-0.15, -0.1) is 0 Å². The maximum Gasteiger partial charge on any atom is 0.282 e. The fourth-order valence-corrected chi connectivity index (χ4v) is 2.32. The summed E-state index contributed by atoms with van der Waals surface area (Å²) >= 11 is 0. The molecule has 0 heterocycles. The summed E-state index contributed by atoms with van der Waals surface area (Å²) in [4.78, 5) is 24.0. The highest BCUT2D eigenvalue weighted by molar-refractivity contribution is 5.98. The maximum atomic E-state index is 11.4. The van der Waals surface area contributed by atoms with Crippen molar-refractivity contribution in [3.8, 4) is 0 Å². The van der Waals surface area contributed by atoms with Gasteiger partial charge in [0.2, 0.25) is 0 Å². The molecule has 0 aromatic heterocycles. The van der Waals surface area contributed by atoms with E-state index >= 15 is 0 Å². The smallest absolute Gasteiger partial charge is 0.282 e. The number of nitro groups is 1. The summed E-state index contributed by atoms with van der Waals surface area (Å²) in [7, 11) is 1.94. The van der Waals surface area contributed by atoms with E-state index in [1.165, 1.54) is 25.8 Å². The molecule has 0 amide bonds. The van der Waals surface area contributed by atoms with Crippen molar-refractivity contribution >= 4 is 17.2 Å². The quantitative estimate of drug-likeness (QED) is 0.465. The van der Waals surface area contributed by atoms with Crippen molar-refractivity contribution in [3.05, 3.63) is 33.9 Å². The minimum absolute atomic E-state index is 0.111. The number of ketones is 1. The zero-order chi connectivity index (χ0) is 14.2. The Hall–Kier alpha value is -1.91. The molecule has 102 valence electrons. The van der Waals surface area contributed by atoms with Crippen LogP contribution in [0.3, 0.4) is 0 Å². The van der Waals surface area contributed by atoms with Gasteiger partial charge in [0, 0.05) is 24.8 Å². The van der Waals surface area contributed by atoms with Crippen LogP contribution in [-0.2, 0) is 0 Å². The molecule has 0 aliphatic heterocycles. The number of carbonyl (C=O) groups excluding carboxylic acids is 1. The second-order valence-corrected chi connectivity index (χ2v) is 5.20. The van der Waals surface area contributed by atoms with Gasteiger partial charge in [-0.25, -0.2) is 0 Å². The molecular formula is C14H18N2O3. The van der Waals surface area contributed by atoms with E-state index in [2.05, 4.69) is 11.8 Å². The summed E-state index contributed by atoms with van der Waals surface area (Å²) in [6.45, 7) is 3.47. The third kappa shape index (κ3) is 2.75. The fourth-order valence-electron chi connectivity index (χ4n) is 2.32. The lowest BCUT2D eigenvalue weighted by Crippen LogP contribution is -2.30. The average Bonchev–Trinajstić information content (AvgIpc) is 3.20. The number of hydrogen-bond donors (Lipinski definition) is 0. The van der Waals surface area contributed by atoms with Crippen LogP contribution in [0.5, 0.6) is 0 Å². The first-order valence-corrected chi connectivity index (χ1v) is 6.44. The minimum atomic E-state index is -0.490. The first kappa shape index (κ1) is 13.5. The zero-order valence-corrected chi connectivity index (χ0v) is 11.4. The lowest BCUT2D eigenvalue weighted by molar-refractivity contribution is -0.385. The van der Waals surface area contributed by atoms with Crippen molar-refractivity contribution in [2.45, 2.75) is 32.7 Å². The Morgan fingerprint density at radius 2 is 2.11 bits per heavy atom. The number of nitrogens with zero attached hydrogens (tertiary/aromatic N) is 2. The van der Waals surface area contributed by atoms with Crippen LogP contribution in [0, 0.1) is 16.0 Å². The SMILES string of the molecule is CC(=O)c1ccc(N(C)C(C)C2CC2)cc1[N+](=O)[O-]. The molecule has 2 rings (SSSR count). The van der Waals surface area contributed by atoms with Crippen LogP contribution in [0.25, 0.3) is 0 Å². The summed E-state index contributed by atoms with van der Waals surface area (Å²) in [5.74, 6) is 0.396. The monoisotopic (exact) mass is 262 g/mol. The molecule has 1 fully saturated rings. The molecule has 1 aromatic rings. The second kappa shape index (κ2) is 4.99. The Labute approximate surface area is 112 Å². The lowest BCUT2D eigenvalue weighted by Gasteiger charge is -2.27. The topological polar surface area (TPSA) is 63.5 Å². The molecule has 1 saturated carbocycles. The zero-order valence-electron chi connectivity index (χ0n) is 11.4. The Bertz CT molecular complexity index is 523. The predicted octanol–water partition coefficient (Wildman–Crippen LogP) is 3.03. The highest BCUT2D eigenvalue weighted by atomic mass is 16.6. The summed E-state index contributed by atoms with van der Waals surface area (Å²) in [6, 6.07) is 5.19. The molecule has 0 radical (unpaired) electrons. The number of rotatable bonds is 5. The number of carbonyl (C=O) groups is 1. The van der Waals surface area contributed by atoms with E-state index in [1.807, 2.05) is 7.05 Å². The molecule has 1 atom stereocenters. The van der Waals surface area contributed by atoms with E-state index in [1.54, 1.807) is 12.1 Å². The first-order valence-electron chi connectivity index (χ1n) is 6.44. The van der Waals surface area contributed by atoms with Crippen LogP contribution < -0.4 is 4.90 Å². The van der Waals surface area contributed by atoms with Crippen molar-refractivity contribution in [2.75, 3.05) is 11.9 Å². The van der Waals surface area contributed by atoms with Crippen LogP contribution in [0.1, 0.15) is 37.0 Å². The second-order valence-electron chi connectivity index (χ2n) is 5.20. The van der Waals surface area contributed by atoms with Crippen LogP contribution >= 0.6 is 0 Å². The standard InChI is InChI=1S/C14H18N2O3/c1-9(11-4-5-11)15(3)12-6-7-13(10(2)17)14(8-12)16(18)19/h6-9,11H,4-5H2,1-3H3. The average molecular weight is 262 g/mol. The molecule has 0 saturated heterocycles. The lowest BCUT2D eigenvalue weighted by atomic mass is 10.1. The van der Waals surface area contributed by atoms with Crippen molar-refractivity contribution < 1.29 is 9.72 Å². The highest BCUT2D eigenvalue weighted by Crippen LogP contribution is 2.37. The number of nitro benzene ring substituents is 1. The van der Waals surface area contributed by atoms with Crippen LogP contribution in [0.15, 0.2) is 18.2 Å². The summed E-state index contributed by atoms with van der Waals surface area (Å²) in [6.07, 6.45) is 2.44. The van der Waals surface area contributed by atoms with Crippen LogP contribution in [0.4, 0.5) is 11.4 Å². The van der Waals surface area contributed by atoms with Crippen LogP contribution in [0.2, 0.25) is 0 Å². The van der Waals surface area contributed by atoms with Crippen LogP contribution in [-0.4, -0.2) is 23.8 Å². The molecule has 0 spiro atoms. The Morgan fingerprint density at radius 3 is 2.58 bits per heavy atom. The van der Waals surface area contributed by atoms with E-state index in [0.717, 1.165) is 5.69 Å². The van der Waals surface area contributed by atoms with Gasteiger partial charge < -0.3 is 4.90 Å². The predicted molar refractivity (Wildman–Crippen MR) is 73.7 cm³/mol. The van der Waals surface area contributed by atoms with Crippen molar-refractivity contribution in [2.24, 2.45) is 5.92 Å². The van der Waals surface area contributed by atoms with E-state index in [9.17, 15) is 14.9 Å². The molecule has 1 aliphatic carbocycles. The summed E-state index contributed by atoms with van der Waals surface area (Å²) in [5.41, 5.74) is 0.845. The van der Waals surface area contributed by atoms with Crippen molar-refractivity contribution in [1.82, 2.24) is 0 Å². The van der Waals surface area contributed by atoms with Gasteiger partial charge in [-0.05, 0) is 44.7 Å². The van der Waals surface area contributed by atoms with Gasteiger partial charge in [-0.3, -0.25) is 14.9 Å². The van der Waals surface area contributed by atoms with Crippen molar-refractivity contribution in [1.29, 1.82) is 0 Å². The van der Waals surface area contributed by atoms with E-state index in [0.29, 0.717) is 12.0 Å². The molecular weight excluding hydrogens is 244 g/mol. The third-order valence-corrected chi connectivity index (χ3v) is 3.88. The van der Waals surface area contributed by atoms with Gasteiger partial charge in [0.25, 0.3) is 5.69 Å². The molecule has 5 heteroatoms. The Kier molecular flexibility index (Phi) is 3.55. The maximum absolute atomic E-state index is 11.4. The summed E-state index contributed by atoms with van der Waals surface area (Å²) in [5, 5.41) is 11.1. The van der Waals surface area contributed by atoms with E-state index in [4.69, 9.17) is 0 Å².